The second-order valence-electron chi connectivity index (χ2n) is 4.79. The molecule has 2 N–H and O–H groups in total. The molecule has 1 aromatic rings. The molecule has 1 amide bonds. The molecule has 0 bridgehead atoms. The summed E-state index contributed by atoms with van der Waals surface area (Å²) in [6, 6.07) is 4.99. The van der Waals surface area contributed by atoms with Crippen molar-refractivity contribution in [3.8, 4) is 5.75 Å². The van der Waals surface area contributed by atoms with E-state index in [2.05, 4.69) is 35.1 Å². The van der Waals surface area contributed by atoms with E-state index in [1.165, 1.54) is 6.07 Å². The Kier molecular flexibility index (Phi) is 5.66. The van der Waals surface area contributed by atoms with Crippen molar-refractivity contribution in [1.82, 2.24) is 5.32 Å². The number of hydrogen-bond donors (Lipinski definition) is 2. The van der Waals surface area contributed by atoms with Crippen molar-refractivity contribution < 1.29 is 9.90 Å². The van der Waals surface area contributed by atoms with Gasteiger partial charge in [-0.2, -0.15) is 0 Å². The van der Waals surface area contributed by atoms with Gasteiger partial charge in [-0.1, -0.05) is 36.2 Å². The van der Waals surface area contributed by atoms with E-state index in [4.69, 9.17) is 0 Å². The maximum atomic E-state index is 12.0. The van der Waals surface area contributed by atoms with E-state index in [0.717, 1.165) is 17.3 Å². The number of benzene rings is 1. The van der Waals surface area contributed by atoms with E-state index < -0.39 is 0 Å². The summed E-state index contributed by atoms with van der Waals surface area (Å²) < 4.78 is 0.754. The second-order valence-corrected chi connectivity index (χ2v) is 5.70. The highest BCUT2D eigenvalue weighted by molar-refractivity contribution is 9.10. The summed E-state index contributed by atoms with van der Waals surface area (Å²) in [6.45, 7) is 6.29. The zero-order chi connectivity index (χ0) is 13.7. The van der Waals surface area contributed by atoms with Crippen LogP contribution in [0.1, 0.15) is 44.0 Å². The van der Waals surface area contributed by atoms with Crippen LogP contribution in [0.5, 0.6) is 5.75 Å². The monoisotopic (exact) mass is 313 g/mol. The smallest absolute Gasteiger partial charge is 0.255 e. The van der Waals surface area contributed by atoms with Gasteiger partial charge in [0.05, 0.1) is 5.56 Å². The molecule has 0 aromatic heterocycles. The van der Waals surface area contributed by atoms with Gasteiger partial charge in [-0.3, -0.25) is 4.79 Å². The fourth-order valence-electron chi connectivity index (χ4n) is 1.83. The molecule has 18 heavy (non-hydrogen) atoms. The summed E-state index contributed by atoms with van der Waals surface area (Å²) in [5, 5.41) is 12.6. The first kappa shape index (κ1) is 15.0. The molecule has 100 valence electrons. The fraction of sp³-hybridized carbons (Fsp3) is 0.500. The Morgan fingerprint density at radius 3 is 2.67 bits per heavy atom. The largest absolute Gasteiger partial charge is 0.507 e. The number of carbonyl (C=O) groups excluding carboxylic acids is 1. The van der Waals surface area contributed by atoms with Gasteiger partial charge in [-0.25, -0.2) is 0 Å². The van der Waals surface area contributed by atoms with Gasteiger partial charge in [-0.15, -0.1) is 0 Å². The van der Waals surface area contributed by atoms with E-state index in [-0.39, 0.29) is 17.7 Å². The first-order valence-corrected chi connectivity index (χ1v) is 7.02. The normalized spacial score (nSPS) is 14.0. The number of hydrogen-bond acceptors (Lipinski definition) is 2. The maximum absolute atomic E-state index is 12.0. The van der Waals surface area contributed by atoms with Crippen LogP contribution in [0.2, 0.25) is 0 Å². The van der Waals surface area contributed by atoms with Crippen LogP contribution in [0.4, 0.5) is 0 Å². The Morgan fingerprint density at radius 2 is 2.11 bits per heavy atom. The van der Waals surface area contributed by atoms with Crippen LogP contribution in [0, 0.1) is 5.92 Å². The number of nitrogens with one attached hydrogen (secondary N) is 1. The molecule has 0 saturated heterocycles. The number of phenols is 1. The lowest BCUT2D eigenvalue weighted by atomic mass is 10.00. The van der Waals surface area contributed by atoms with Gasteiger partial charge in [-0.05, 0) is 37.5 Å². The predicted octanol–water partition coefficient (Wildman–Crippen LogP) is 3.71. The Bertz CT molecular complexity index is 420. The van der Waals surface area contributed by atoms with Crippen molar-refractivity contribution in [2.45, 2.75) is 39.7 Å². The average Bonchev–Trinajstić information content (AvgIpc) is 2.28. The third-order valence-electron chi connectivity index (χ3n) is 3.03. The standard InChI is InChI=1S/C14H20BrNO2/c1-4-9(2)7-10(3)16-14(18)12-6-5-11(15)8-13(12)17/h5-6,8-10,17H,4,7H2,1-3H3,(H,16,18). The lowest BCUT2D eigenvalue weighted by Crippen LogP contribution is -2.33. The molecule has 1 rings (SSSR count). The molecule has 0 radical (unpaired) electrons. The maximum Gasteiger partial charge on any atom is 0.255 e. The summed E-state index contributed by atoms with van der Waals surface area (Å²) in [4.78, 5) is 12.0. The van der Waals surface area contributed by atoms with Crippen molar-refractivity contribution >= 4 is 21.8 Å². The molecule has 0 aliphatic rings. The summed E-state index contributed by atoms with van der Waals surface area (Å²) in [5.74, 6) is 0.354. The predicted molar refractivity (Wildman–Crippen MR) is 76.8 cm³/mol. The van der Waals surface area contributed by atoms with Crippen molar-refractivity contribution in [3.63, 3.8) is 0 Å². The molecular weight excluding hydrogens is 294 g/mol. The summed E-state index contributed by atoms with van der Waals surface area (Å²) in [7, 11) is 0. The quantitative estimate of drug-likeness (QED) is 0.870. The Balaban J connectivity index is 2.65. The Labute approximate surface area is 117 Å². The molecule has 1 aromatic carbocycles. The zero-order valence-corrected chi connectivity index (χ0v) is 12.6. The number of halogens is 1. The molecule has 0 fully saturated rings. The van der Waals surface area contributed by atoms with Gasteiger partial charge in [0, 0.05) is 10.5 Å². The third-order valence-corrected chi connectivity index (χ3v) is 3.53. The number of phenolic OH excluding ortho intramolecular Hbond substituents is 1. The van der Waals surface area contributed by atoms with Crippen molar-refractivity contribution in [2.24, 2.45) is 5.92 Å². The molecule has 0 heterocycles. The highest BCUT2D eigenvalue weighted by atomic mass is 79.9. The minimum Gasteiger partial charge on any atom is -0.507 e. The van der Waals surface area contributed by atoms with Gasteiger partial charge in [0.15, 0.2) is 0 Å². The molecular formula is C14H20BrNO2. The van der Waals surface area contributed by atoms with Gasteiger partial charge < -0.3 is 10.4 Å². The molecule has 2 unspecified atom stereocenters. The van der Waals surface area contributed by atoms with Gasteiger partial charge >= 0.3 is 0 Å². The summed E-state index contributed by atoms with van der Waals surface area (Å²) in [5.41, 5.74) is 0.314. The lowest BCUT2D eigenvalue weighted by molar-refractivity contribution is 0.0932. The number of aromatic hydroxyl groups is 1. The Hall–Kier alpha value is -1.03. The van der Waals surface area contributed by atoms with Gasteiger partial charge in [0.1, 0.15) is 5.75 Å². The van der Waals surface area contributed by atoms with E-state index in [9.17, 15) is 9.90 Å². The lowest BCUT2D eigenvalue weighted by Gasteiger charge is -2.17. The van der Waals surface area contributed by atoms with Crippen LogP contribution in [-0.2, 0) is 0 Å². The van der Waals surface area contributed by atoms with Crippen LogP contribution >= 0.6 is 15.9 Å². The highest BCUT2D eigenvalue weighted by Gasteiger charge is 2.15. The summed E-state index contributed by atoms with van der Waals surface area (Å²) in [6.07, 6.45) is 2.04. The fourth-order valence-corrected chi connectivity index (χ4v) is 2.18. The first-order valence-electron chi connectivity index (χ1n) is 6.23. The number of amides is 1. The molecule has 0 aliphatic carbocycles. The van der Waals surface area contributed by atoms with Crippen molar-refractivity contribution in [1.29, 1.82) is 0 Å². The average molecular weight is 314 g/mol. The van der Waals surface area contributed by atoms with E-state index in [0.29, 0.717) is 11.5 Å². The zero-order valence-electron chi connectivity index (χ0n) is 11.0. The second kappa shape index (κ2) is 6.78. The SMILES string of the molecule is CCC(C)CC(C)NC(=O)c1ccc(Br)cc1O. The van der Waals surface area contributed by atoms with E-state index in [1.54, 1.807) is 12.1 Å². The van der Waals surface area contributed by atoms with E-state index >= 15 is 0 Å². The van der Waals surface area contributed by atoms with Crippen LogP contribution in [0.25, 0.3) is 0 Å². The third kappa shape index (κ3) is 4.33. The van der Waals surface area contributed by atoms with Crippen LogP contribution in [0.3, 0.4) is 0 Å². The topological polar surface area (TPSA) is 49.3 Å². The number of rotatable bonds is 5. The van der Waals surface area contributed by atoms with Crippen molar-refractivity contribution in [2.75, 3.05) is 0 Å². The molecule has 2 atom stereocenters. The summed E-state index contributed by atoms with van der Waals surface area (Å²) >= 11 is 3.25. The molecule has 0 aliphatic heterocycles. The minimum atomic E-state index is -0.226. The first-order chi connectivity index (χ1) is 8.43. The van der Waals surface area contributed by atoms with E-state index in [1.807, 2.05) is 6.92 Å². The van der Waals surface area contributed by atoms with Crippen LogP contribution < -0.4 is 5.32 Å². The van der Waals surface area contributed by atoms with Gasteiger partial charge in [0.2, 0.25) is 0 Å². The van der Waals surface area contributed by atoms with Crippen LogP contribution in [-0.4, -0.2) is 17.1 Å². The highest BCUT2D eigenvalue weighted by Crippen LogP contribution is 2.22. The molecule has 4 heteroatoms. The Morgan fingerprint density at radius 1 is 1.44 bits per heavy atom. The van der Waals surface area contributed by atoms with Crippen LogP contribution in [0.15, 0.2) is 22.7 Å². The molecule has 0 spiro atoms. The minimum absolute atomic E-state index is 0.00221. The number of carbonyl (C=O) groups is 1. The van der Waals surface area contributed by atoms with Gasteiger partial charge in [0.25, 0.3) is 5.91 Å². The molecule has 0 saturated carbocycles. The van der Waals surface area contributed by atoms with Crippen molar-refractivity contribution in [3.05, 3.63) is 28.2 Å². The molecule has 3 nitrogen and oxygen atoms in total.